The van der Waals surface area contributed by atoms with E-state index < -0.39 is 0 Å². The minimum absolute atomic E-state index is 0.222. The molecule has 0 fully saturated rings. The maximum Gasteiger partial charge on any atom is 0.261 e. The van der Waals surface area contributed by atoms with Crippen LogP contribution in [0.4, 0.5) is 5.69 Å². The van der Waals surface area contributed by atoms with E-state index in [0.29, 0.717) is 24.1 Å². The zero-order valence-electron chi connectivity index (χ0n) is 11.8. The van der Waals surface area contributed by atoms with Crippen LogP contribution in [0.1, 0.15) is 40.0 Å². The molecule has 1 aromatic rings. The number of oxime groups is 1. The standard InChI is InChI=1S/C14H18N4O3/c1-18-13(19)10-6-5-9(8-11(10)14(18)20)16-7-3-2-4-12(15)17-21/h5-6,8,16,21H,2-4,7H2,1H3,(H2,15,17). The van der Waals surface area contributed by atoms with Crippen LogP contribution in [0.5, 0.6) is 0 Å². The first kappa shape index (κ1) is 14.8. The van der Waals surface area contributed by atoms with Crippen molar-refractivity contribution in [1.29, 1.82) is 0 Å². The fourth-order valence-electron chi connectivity index (χ4n) is 2.19. The number of unbranched alkanes of at least 4 members (excludes halogenated alkanes) is 1. The number of nitrogens with zero attached hydrogens (tertiary/aromatic N) is 2. The van der Waals surface area contributed by atoms with Gasteiger partial charge in [0.25, 0.3) is 11.8 Å². The summed E-state index contributed by atoms with van der Waals surface area (Å²) in [4.78, 5) is 24.7. The molecule has 0 saturated carbocycles. The number of benzene rings is 1. The summed E-state index contributed by atoms with van der Waals surface area (Å²) in [5.41, 5.74) is 7.05. The van der Waals surface area contributed by atoms with Gasteiger partial charge < -0.3 is 16.3 Å². The third kappa shape index (κ3) is 3.13. The monoisotopic (exact) mass is 290 g/mol. The van der Waals surface area contributed by atoms with Crippen LogP contribution in [0.15, 0.2) is 23.4 Å². The van der Waals surface area contributed by atoms with Gasteiger partial charge in [-0.25, -0.2) is 0 Å². The molecule has 1 heterocycles. The number of nitrogens with one attached hydrogen (secondary N) is 1. The normalized spacial score (nSPS) is 14.5. The van der Waals surface area contributed by atoms with Gasteiger partial charge in [0.2, 0.25) is 0 Å². The number of imide groups is 1. The lowest BCUT2D eigenvalue weighted by molar-refractivity contribution is 0.0693. The number of rotatable bonds is 6. The quantitative estimate of drug-likeness (QED) is 0.182. The third-order valence-corrected chi connectivity index (χ3v) is 3.41. The van der Waals surface area contributed by atoms with Crippen molar-refractivity contribution < 1.29 is 14.8 Å². The molecular weight excluding hydrogens is 272 g/mol. The van der Waals surface area contributed by atoms with Crippen LogP contribution < -0.4 is 11.1 Å². The molecule has 0 aliphatic carbocycles. The van der Waals surface area contributed by atoms with Gasteiger partial charge in [-0.05, 0) is 31.0 Å². The maximum atomic E-state index is 11.9. The number of carbonyl (C=O) groups is 2. The van der Waals surface area contributed by atoms with Gasteiger partial charge in [0.1, 0.15) is 5.84 Å². The van der Waals surface area contributed by atoms with E-state index in [9.17, 15) is 9.59 Å². The van der Waals surface area contributed by atoms with E-state index in [-0.39, 0.29) is 17.6 Å². The van der Waals surface area contributed by atoms with E-state index in [1.54, 1.807) is 18.2 Å². The third-order valence-electron chi connectivity index (χ3n) is 3.41. The second-order valence-corrected chi connectivity index (χ2v) is 4.90. The SMILES string of the molecule is CN1C(=O)c2ccc(NCCCCC(N)=NO)cc2C1=O. The Labute approximate surface area is 122 Å². The Hall–Kier alpha value is -2.57. The molecule has 1 aliphatic rings. The van der Waals surface area contributed by atoms with Crippen molar-refractivity contribution in [2.24, 2.45) is 10.9 Å². The fourth-order valence-corrected chi connectivity index (χ4v) is 2.19. The van der Waals surface area contributed by atoms with Gasteiger partial charge in [-0.15, -0.1) is 0 Å². The molecular formula is C14H18N4O3. The van der Waals surface area contributed by atoms with Gasteiger partial charge in [0, 0.05) is 25.7 Å². The van der Waals surface area contributed by atoms with Crippen molar-refractivity contribution in [3.05, 3.63) is 29.3 Å². The van der Waals surface area contributed by atoms with Gasteiger partial charge in [0.15, 0.2) is 0 Å². The molecule has 0 unspecified atom stereocenters. The van der Waals surface area contributed by atoms with E-state index in [0.717, 1.165) is 23.4 Å². The molecule has 112 valence electrons. The van der Waals surface area contributed by atoms with E-state index in [2.05, 4.69) is 10.5 Å². The van der Waals surface area contributed by atoms with Crippen molar-refractivity contribution in [1.82, 2.24) is 4.90 Å². The molecule has 0 bridgehead atoms. The zero-order valence-corrected chi connectivity index (χ0v) is 11.8. The van der Waals surface area contributed by atoms with E-state index in [1.807, 2.05) is 0 Å². The lowest BCUT2D eigenvalue weighted by Crippen LogP contribution is -2.24. The number of anilines is 1. The molecule has 7 nitrogen and oxygen atoms in total. The van der Waals surface area contributed by atoms with E-state index in [4.69, 9.17) is 10.9 Å². The first-order chi connectivity index (χ1) is 10.0. The van der Waals surface area contributed by atoms with Crippen molar-refractivity contribution in [2.45, 2.75) is 19.3 Å². The number of hydrogen-bond acceptors (Lipinski definition) is 5. The minimum atomic E-state index is -0.273. The average Bonchev–Trinajstić information content (AvgIpc) is 2.71. The average molecular weight is 290 g/mol. The molecule has 0 atom stereocenters. The summed E-state index contributed by atoms with van der Waals surface area (Å²) < 4.78 is 0. The highest BCUT2D eigenvalue weighted by atomic mass is 16.4. The molecule has 4 N–H and O–H groups in total. The molecule has 2 rings (SSSR count). The van der Waals surface area contributed by atoms with Gasteiger partial charge in [0.05, 0.1) is 11.1 Å². The first-order valence-electron chi connectivity index (χ1n) is 6.71. The molecule has 21 heavy (non-hydrogen) atoms. The first-order valence-corrected chi connectivity index (χ1v) is 6.71. The highest BCUT2D eigenvalue weighted by molar-refractivity contribution is 6.21. The Morgan fingerprint density at radius 3 is 2.71 bits per heavy atom. The number of amidine groups is 1. The molecule has 0 radical (unpaired) electrons. The van der Waals surface area contributed by atoms with Gasteiger partial charge in [-0.1, -0.05) is 5.16 Å². The van der Waals surface area contributed by atoms with Crippen LogP contribution in [-0.4, -0.2) is 41.3 Å². The van der Waals surface area contributed by atoms with Crippen molar-refractivity contribution >= 4 is 23.3 Å². The Balaban J connectivity index is 1.89. The van der Waals surface area contributed by atoms with E-state index in [1.165, 1.54) is 7.05 Å². The molecule has 0 saturated heterocycles. The summed E-state index contributed by atoms with van der Waals surface area (Å²) in [5, 5.41) is 14.5. The Bertz CT molecular complexity index is 598. The number of nitrogens with two attached hydrogens (primary N) is 1. The summed E-state index contributed by atoms with van der Waals surface area (Å²) in [6, 6.07) is 5.15. The Morgan fingerprint density at radius 2 is 2.00 bits per heavy atom. The number of amides is 2. The zero-order chi connectivity index (χ0) is 15.4. The van der Waals surface area contributed by atoms with Crippen molar-refractivity contribution in [2.75, 3.05) is 18.9 Å². The fraction of sp³-hybridized carbons (Fsp3) is 0.357. The van der Waals surface area contributed by atoms with Crippen LogP contribution in [0, 0.1) is 0 Å². The molecule has 1 aliphatic heterocycles. The van der Waals surface area contributed by atoms with E-state index >= 15 is 0 Å². The van der Waals surface area contributed by atoms with Gasteiger partial charge in [-0.3, -0.25) is 14.5 Å². The number of fused-ring (bicyclic) bond motifs is 1. The molecule has 0 aromatic heterocycles. The highest BCUT2D eigenvalue weighted by Gasteiger charge is 2.32. The van der Waals surface area contributed by atoms with Crippen LogP contribution in [0.25, 0.3) is 0 Å². The second-order valence-electron chi connectivity index (χ2n) is 4.90. The Morgan fingerprint density at radius 1 is 1.29 bits per heavy atom. The molecule has 1 aromatic carbocycles. The van der Waals surface area contributed by atoms with Crippen LogP contribution in [0.2, 0.25) is 0 Å². The number of hydrogen-bond donors (Lipinski definition) is 3. The minimum Gasteiger partial charge on any atom is -0.409 e. The lowest BCUT2D eigenvalue weighted by atomic mass is 10.1. The highest BCUT2D eigenvalue weighted by Crippen LogP contribution is 2.24. The smallest absolute Gasteiger partial charge is 0.261 e. The van der Waals surface area contributed by atoms with Crippen LogP contribution in [0.3, 0.4) is 0 Å². The van der Waals surface area contributed by atoms with Crippen LogP contribution in [-0.2, 0) is 0 Å². The molecule has 7 heteroatoms. The van der Waals surface area contributed by atoms with Crippen molar-refractivity contribution in [3.63, 3.8) is 0 Å². The van der Waals surface area contributed by atoms with Gasteiger partial charge >= 0.3 is 0 Å². The summed E-state index contributed by atoms with van der Waals surface area (Å²) in [7, 11) is 1.48. The van der Waals surface area contributed by atoms with Gasteiger partial charge in [-0.2, -0.15) is 0 Å². The predicted molar refractivity (Wildman–Crippen MR) is 78.6 cm³/mol. The second kappa shape index (κ2) is 6.25. The maximum absolute atomic E-state index is 11.9. The topological polar surface area (TPSA) is 108 Å². The van der Waals surface area contributed by atoms with Crippen molar-refractivity contribution in [3.8, 4) is 0 Å². The predicted octanol–water partition coefficient (Wildman–Crippen LogP) is 1.24. The lowest BCUT2D eigenvalue weighted by Gasteiger charge is -2.07. The largest absolute Gasteiger partial charge is 0.409 e. The summed E-state index contributed by atoms with van der Waals surface area (Å²) in [5.74, 6) is -0.314. The Kier molecular flexibility index (Phi) is 4.42. The summed E-state index contributed by atoms with van der Waals surface area (Å²) in [6.07, 6.45) is 2.19. The number of carbonyl (C=O) groups excluding carboxylic acids is 2. The van der Waals surface area contributed by atoms with Crippen LogP contribution >= 0.6 is 0 Å². The summed E-state index contributed by atoms with van der Waals surface area (Å²) >= 11 is 0. The summed E-state index contributed by atoms with van der Waals surface area (Å²) in [6.45, 7) is 0.704. The molecule has 0 spiro atoms. The molecule has 2 amide bonds.